The molecule has 7 heteroatoms. The lowest BCUT2D eigenvalue weighted by Gasteiger charge is -2.12. The van der Waals surface area contributed by atoms with E-state index in [9.17, 15) is 14.0 Å². The first-order valence-corrected chi connectivity index (χ1v) is 6.74. The third-order valence-corrected chi connectivity index (χ3v) is 3.01. The summed E-state index contributed by atoms with van der Waals surface area (Å²) < 4.78 is 13.1. The van der Waals surface area contributed by atoms with E-state index in [0.717, 1.165) is 6.07 Å². The van der Waals surface area contributed by atoms with E-state index in [2.05, 4.69) is 10.6 Å². The Kier molecular flexibility index (Phi) is 5.08. The normalized spacial score (nSPS) is 10.1. The fourth-order valence-corrected chi connectivity index (χ4v) is 1.93. The third-order valence-electron chi connectivity index (χ3n) is 2.78. The lowest BCUT2D eigenvalue weighted by atomic mass is 10.2. The number of halogens is 2. The molecule has 22 heavy (non-hydrogen) atoms. The Morgan fingerprint density at radius 3 is 2.55 bits per heavy atom. The van der Waals surface area contributed by atoms with Crippen LogP contribution in [0.2, 0.25) is 5.02 Å². The molecule has 2 rings (SSSR count). The molecule has 0 spiro atoms. The highest BCUT2D eigenvalue weighted by Crippen LogP contribution is 2.26. The average Bonchev–Trinajstić information content (AvgIpc) is 2.49. The first-order chi connectivity index (χ1) is 10.5. The summed E-state index contributed by atoms with van der Waals surface area (Å²) in [5, 5.41) is 5.51. The number of rotatable bonds is 4. The molecular weight excluding hydrogens is 309 g/mol. The lowest BCUT2D eigenvalue weighted by molar-refractivity contribution is -0.114. The quantitative estimate of drug-likeness (QED) is 0.809. The molecule has 0 fully saturated rings. The molecule has 0 aliphatic heterocycles. The van der Waals surface area contributed by atoms with Crippen LogP contribution >= 0.6 is 11.6 Å². The zero-order valence-electron chi connectivity index (χ0n) is 11.4. The number of anilines is 2. The van der Waals surface area contributed by atoms with E-state index >= 15 is 0 Å². The molecular formula is C15H13ClFN3O2. The molecule has 0 heterocycles. The fraction of sp³-hybridized carbons (Fsp3) is 0.0667. The molecule has 114 valence electrons. The summed E-state index contributed by atoms with van der Waals surface area (Å²) in [6.07, 6.45) is 0. The van der Waals surface area contributed by atoms with Crippen molar-refractivity contribution in [3.8, 4) is 0 Å². The van der Waals surface area contributed by atoms with Gasteiger partial charge in [0.15, 0.2) is 0 Å². The van der Waals surface area contributed by atoms with Crippen LogP contribution in [0.4, 0.5) is 15.8 Å². The molecule has 0 bridgehead atoms. The van der Waals surface area contributed by atoms with E-state index in [1.165, 1.54) is 30.3 Å². The molecule has 0 radical (unpaired) electrons. The number of carbonyl (C=O) groups excluding carboxylic acids is 2. The Balaban J connectivity index is 2.25. The van der Waals surface area contributed by atoms with E-state index in [1.807, 2.05) is 0 Å². The number of carbonyl (C=O) groups is 2. The first kappa shape index (κ1) is 15.9. The highest BCUT2D eigenvalue weighted by molar-refractivity contribution is 6.31. The Hall–Kier alpha value is -2.44. The van der Waals surface area contributed by atoms with Crippen molar-refractivity contribution < 1.29 is 14.0 Å². The van der Waals surface area contributed by atoms with Crippen molar-refractivity contribution in [2.75, 3.05) is 17.2 Å². The van der Waals surface area contributed by atoms with Gasteiger partial charge in [-0.25, -0.2) is 4.39 Å². The molecule has 2 aromatic carbocycles. The maximum absolute atomic E-state index is 13.1. The van der Waals surface area contributed by atoms with Gasteiger partial charge in [-0.2, -0.15) is 0 Å². The standard InChI is InChI=1S/C15H13ClFN3O2/c16-10-4-5-12(13(7-10)19-14(21)8-18)20-15(22)9-2-1-3-11(17)6-9/h1-7H,8,18H2,(H,19,21)(H,20,22). The van der Waals surface area contributed by atoms with Crippen LogP contribution in [0, 0.1) is 5.82 Å². The molecule has 2 aromatic rings. The van der Waals surface area contributed by atoms with Crippen LogP contribution in [0.15, 0.2) is 42.5 Å². The van der Waals surface area contributed by atoms with Crippen LogP contribution in [-0.2, 0) is 4.79 Å². The van der Waals surface area contributed by atoms with Crippen molar-refractivity contribution in [1.82, 2.24) is 0 Å². The van der Waals surface area contributed by atoms with E-state index in [0.29, 0.717) is 16.4 Å². The monoisotopic (exact) mass is 321 g/mol. The molecule has 0 aliphatic rings. The van der Waals surface area contributed by atoms with Gasteiger partial charge < -0.3 is 16.4 Å². The summed E-state index contributed by atoms with van der Waals surface area (Å²) >= 11 is 5.87. The van der Waals surface area contributed by atoms with Crippen molar-refractivity contribution in [2.24, 2.45) is 5.73 Å². The molecule has 5 nitrogen and oxygen atoms in total. The topological polar surface area (TPSA) is 84.2 Å². The minimum atomic E-state index is -0.514. The number of nitrogens with two attached hydrogens (primary N) is 1. The van der Waals surface area contributed by atoms with Crippen molar-refractivity contribution in [3.05, 3.63) is 58.9 Å². The van der Waals surface area contributed by atoms with E-state index in [1.54, 1.807) is 6.07 Å². The summed E-state index contributed by atoms with van der Waals surface area (Å²) in [6, 6.07) is 9.84. The van der Waals surface area contributed by atoms with Crippen LogP contribution in [0.1, 0.15) is 10.4 Å². The zero-order valence-corrected chi connectivity index (χ0v) is 12.2. The van der Waals surface area contributed by atoms with Gasteiger partial charge in [-0.05, 0) is 36.4 Å². The van der Waals surface area contributed by atoms with Gasteiger partial charge in [0.05, 0.1) is 17.9 Å². The smallest absolute Gasteiger partial charge is 0.255 e. The van der Waals surface area contributed by atoms with Crippen molar-refractivity contribution in [1.29, 1.82) is 0 Å². The van der Waals surface area contributed by atoms with Gasteiger partial charge in [0.1, 0.15) is 5.82 Å². The zero-order chi connectivity index (χ0) is 16.1. The number of hydrogen-bond acceptors (Lipinski definition) is 3. The maximum Gasteiger partial charge on any atom is 0.255 e. The van der Waals surface area contributed by atoms with Gasteiger partial charge in [0.25, 0.3) is 5.91 Å². The largest absolute Gasteiger partial charge is 0.323 e. The van der Waals surface area contributed by atoms with E-state index in [-0.39, 0.29) is 12.1 Å². The van der Waals surface area contributed by atoms with E-state index < -0.39 is 17.6 Å². The molecule has 0 unspecified atom stereocenters. The fourth-order valence-electron chi connectivity index (χ4n) is 1.75. The second-order valence-corrected chi connectivity index (χ2v) is 4.84. The summed E-state index contributed by atoms with van der Waals surface area (Å²) in [6.45, 7) is -0.205. The average molecular weight is 322 g/mol. The predicted octanol–water partition coefficient (Wildman–Crippen LogP) is 2.63. The Morgan fingerprint density at radius 2 is 1.86 bits per heavy atom. The number of hydrogen-bond donors (Lipinski definition) is 3. The Bertz CT molecular complexity index is 722. The van der Waals surface area contributed by atoms with Gasteiger partial charge in [0, 0.05) is 10.6 Å². The summed E-state index contributed by atoms with van der Waals surface area (Å²) in [5.74, 6) is -1.45. The van der Waals surface area contributed by atoms with Crippen LogP contribution in [0.25, 0.3) is 0 Å². The van der Waals surface area contributed by atoms with Crippen LogP contribution in [0.3, 0.4) is 0 Å². The summed E-state index contributed by atoms with van der Waals surface area (Å²) in [7, 11) is 0. The van der Waals surface area contributed by atoms with Crippen molar-refractivity contribution in [3.63, 3.8) is 0 Å². The highest BCUT2D eigenvalue weighted by atomic mass is 35.5. The van der Waals surface area contributed by atoms with Crippen molar-refractivity contribution >= 4 is 34.8 Å². The van der Waals surface area contributed by atoms with Gasteiger partial charge in [-0.1, -0.05) is 17.7 Å². The Morgan fingerprint density at radius 1 is 1.09 bits per heavy atom. The second-order valence-electron chi connectivity index (χ2n) is 4.41. The minimum absolute atomic E-state index is 0.158. The number of nitrogens with one attached hydrogen (secondary N) is 2. The third kappa shape index (κ3) is 4.03. The molecule has 0 atom stereocenters. The van der Waals surface area contributed by atoms with Crippen LogP contribution in [0.5, 0.6) is 0 Å². The molecule has 0 aromatic heterocycles. The maximum atomic E-state index is 13.1. The van der Waals surface area contributed by atoms with Gasteiger partial charge >= 0.3 is 0 Å². The van der Waals surface area contributed by atoms with Gasteiger partial charge in [-0.15, -0.1) is 0 Å². The summed E-state index contributed by atoms with van der Waals surface area (Å²) in [5.41, 5.74) is 6.05. The van der Waals surface area contributed by atoms with Gasteiger partial charge in [0.2, 0.25) is 5.91 Å². The van der Waals surface area contributed by atoms with Gasteiger partial charge in [-0.3, -0.25) is 9.59 Å². The molecule has 0 aliphatic carbocycles. The summed E-state index contributed by atoms with van der Waals surface area (Å²) in [4.78, 5) is 23.5. The van der Waals surface area contributed by atoms with Crippen LogP contribution in [-0.4, -0.2) is 18.4 Å². The number of benzene rings is 2. The molecule has 2 amide bonds. The minimum Gasteiger partial charge on any atom is -0.323 e. The lowest BCUT2D eigenvalue weighted by Crippen LogP contribution is -2.23. The number of amides is 2. The predicted molar refractivity (Wildman–Crippen MR) is 83.5 cm³/mol. The first-order valence-electron chi connectivity index (χ1n) is 6.36. The second kappa shape index (κ2) is 7.02. The highest BCUT2D eigenvalue weighted by Gasteiger charge is 2.12. The van der Waals surface area contributed by atoms with E-state index in [4.69, 9.17) is 17.3 Å². The Labute approximate surface area is 131 Å². The molecule has 4 N–H and O–H groups in total. The molecule has 0 saturated carbocycles. The van der Waals surface area contributed by atoms with Crippen LogP contribution < -0.4 is 16.4 Å². The SMILES string of the molecule is NCC(=O)Nc1cc(Cl)ccc1NC(=O)c1cccc(F)c1. The molecule has 0 saturated heterocycles. The van der Waals surface area contributed by atoms with Crippen molar-refractivity contribution in [2.45, 2.75) is 0 Å².